The minimum Gasteiger partial charge on any atom is -0.465 e. The first kappa shape index (κ1) is 43.9. The standard InChI is InChI=1S/C41H52O12/c1-28(2)40(46)50-26-30(5)52-38(44)20-18-36(42)48-24-22-34-14-10-32(11-15-34)8-7-9-33-12-16-35(17-13-33)23-25-49-37(43)19-21-39(45)53-31(6)27-51-41(47)29(3)4/h10-17,30-31H,1,3,7-9,18-27H2,2,4-6H3. The van der Waals surface area contributed by atoms with E-state index < -0.39 is 48.0 Å². The molecule has 0 aliphatic carbocycles. The average Bonchev–Trinajstić information content (AvgIpc) is 3.12. The molecule has 0 saturated heterocycles. The van der Waals surface area contributed by atoms with Gasteiger partial charge in [-0.3, -0.25) is 19.2 Å². The minimum atomic E-state index is -0.639. The van der Waals surface area contributed by atoms with Crippen LogP contribution in [0.3, 0.4) is 0 Å². The van der Waals surface area contributed by atoms with Crippen LogP contribution in [0.15, 0.2) is 72.8 Å². The predicted octanol–water partition coefficient (Wildman–Crippen LogP) is 5.70. The van der Waals surface area contributed by atoms with Crippen molar-refractivity contribution in [1.82, 2.24) is 0 Å². The van der Waals surface area contributed by atoms with Gasteiger partial charge in [-0.15, -0.1) is 0 Å². The highest BCUT2D eigenvalue weighted by Crippen LogP contribution is 2.13. The van der Waals surface area contributed by atoms with Gasteiger partial charge in [0.15, 0.2) is 0 Å². The smallest absolute Gasteiger partial charge is 0.333 e. The normalized spacial score (nSPS) is 11.7. The van der Waals surface area contributed by atoms with E-state index in [9.17, 15) is 28.8 Å². The minimum absolute atomic E-state index is 0.0910. The molecule has 2 atom stereocenters. The van der Waals surface area contributed by atoms with Crippen molar-refractivity contribution in [2.45, 2.75) is 97.7 Å². The van der Waals surface area contributed by atoms with Crippen molar-refractivity contribution in [3.8, 4) is 0 Å². The van der Waals surface area contributed by atoms with Gasteiger partial charge < -0.3 is 28.4 Å². The van der Waals surface area contributed by atoms with Gasteiger partial charge in [-0.2, -0.15) is 0 Å². The maximum atomic E-state index is 12.0. The average molecular weight is 737 g/mol. The number of ether oxygens (including phenoxy) is 6. The van der Waals surface area contributed by atoms with E-state index in [0.717, 1.165) is 30.4 Å². The van der Waals surface area contributed by atoms with Crippen LogP contribution in [0.2, 0.25) is 0 Å². The highest BCUT2D eigenvalue weighted by atomic mass is 16.6. The van der Waals surface area contributed by atoms with Gasteiger partial charge in [0.2, 0.25) is 0 Å². The van der Waals surface area contributed by atoms with E-state index in [0.29, 0.717) is 12.8 Å². The van der Waals surface area contributed by atoms with E-state index in [4.69, 9.17) is 28.4 Å². The molecule has 12 heteroatoms. The molecular formula is C41H52O12. The Balaban J connectivity index is 1.56. The van der Waals surface area contributed by atoms with E-state index in [1.807, 2.05) is 24.3 Å². The zero-order chi connectivity index (χ0) is 39.2. The molecule has 12 nitrogen and oxygen atoms in total. The zero-order valence-electron chi connectivity index (χ0n) is 31.3. The first-order chi connectivity index (χ1) is 25.2. The van der Waals surface area contributed by atoms with E-state index in [2.05, 4.69) is 37.4 Å². The van der Waals surface area contributed by atoms with Crippen molar-refractivity contribution >= 4 is 35.8 Å². The second-order valence-corrected chi connectivity index (χ2v) is 12.8. The fourth-order valence-corrected chi connectivity index (χ4v) is 4.63. The van der Waals surface area contributed by atoms with E-state index in [1.54, 1.807) is 13.8 Å². The van der Waals surface area contributed by atoms with Crippen LogP contribution in [0.25, 0.3) is 0 Å². The second-order valence-electron chi connectivity index (χ2n) is 12.8. The third-order valence-electron chi connectivity index (χ3n) is 7.61. The van der Waals surface area contributed by atoms with Crippen LogP contribution in [-0.4, -0.2) is 74.5 Å². The summed E-state index contributed by atoms with van der Waals surface area (Å²) < 4.78 is 30.7. The Hall–Kier alpha value is -5.26. The van der Waals surface area contributed by atoms with Crippen molar-refractivity contribution in [3.05, 3.63) is 95.1 Å². The topological polar surface area (TPSA) is 158 Å². The summed E-state index contributed by atoms with van der Waals surface area (Å²) in [5.41, 5.74) is 4.99. The van der Waals surface area contributed by atoms with Crippen LogP contribution in [0.4, 0.5) is 0 Å². The Bertz CT molecular complexity index is 1430. The summed E-state index contributed by atoms with van der Waals surface area (Å²) in [6, 6.07) is 16.3. The Labute approximate surface area is 311 Å². The van der Waals surface area contributed by atoms with Crippen molar-refractivity contribution < 1.29 is 57.2 Å². The molecule has 0 spiro atoms. The quantitative estimate of drug-likeness (QED) is 0.0737. The molecular weight excluding hydrogens is 684 g/mol. The SMILES string of the molecule is C=C(C)C(=O)OCC(C)OC(=O)CCC(=O)OCCc1ccc(CCCc2ccc(CCOC(=O)CCC(=O)OC(C)COC(=O)C(=C)C)cc2)cc1. The molecule has 53 heavy (non-hydrogen) atoms. The molecule has 2 aromatic carbocycles. The summed E-state index contributed by atoms with van der Waals surface area (Å²) in [5.74, 6) is -3.25. The number of carbonyl (C=O) groups is 6. The van der Waals surface area contributed by atoms with Gasteiger partial charge in [0.25, 0.3) is 0 Å². The lowest BCUT2D eigenvalue weighted by molar-refractivity contribution is -0.158. The third kappa shape index (κ3) is 19.8. The van der Waals surface area contributed by atoms with Crippen LogP contribution in [0.1, 0.15) is 82.1 Å². The summed E-state index contributed by atoms with van der Waals surface area (Å²) in [5, 5.41) is 0. The largest absolute Gasteiger partial charge is 0.465 e. The Morgan fingerprint density at radius 1 is 0.491 bits per heavy atom. The van der Waals surface area contributed by atoms with Crippen molar-refractivity contribution in [2.24, 2.45) is 0 Å². The van der Waals surface area contributed by atoms with Crippen molar-refractivity contribution in [1.29, 1.82) is 0 Å². The van der Waals surface area contributed by atoms with Crippen LogP contribution in [0, 0.1) is 0 Å². The molecule has 0 amide bonds. The maximum absolute atomic E-state index is 12.0. The van der Waals surface area contributed by atoms with Crippen LogP contribution in [0.5, 0.6) is 0 Å². The number of aryl methyl sites for hydroxylation is 2. The maximum Gasteiger partial charge on any atom is 0.333 e. The summed E-state index contributed by atoms with van der Waals surface area (Å²) in [7, 11) is 0. The summed E-state index contributed by atoms with van der Waals surface area (Å²) in [4.78, 5) is 70.8. The molecule has 0 aromatic heterocycles. The molecule has 2 rings (SSSR count). The summed E-state index contributed by atoms with van der Waals surface area (Å²) in [6.45, 7) is 13.4. The van der Waals surface area contributed by atoms with Gasteiger partial charge >= 0.3 is 35.8 Å². The molecule has 0 N–H and O–H groups in total. The molecule has 0 aliphatic rings. The lowest BCUT2D eigenvalue weighted by Gasteiger charge is -2.13. The predicted molar refractivity (Wildman–Crippen MR) is 195 cm³/mol. The molecule has 0 aliphatic heterocycles. The molecule has 0 fully saturated rings. The molecule has 0 bridgehead atoms. The molecule has 288 valence electrons. The fraction of sp³-hybridized carbons (Fsp3) is 0.463. The Morgan fingerprint density at radius 2 is 0.792 bits per heavy atom. The number of esters is 6. The Kier molecular flexibility index (Phi) is 19.9. The van der Waals surface area contributed by atoms with Gasteiger partial charge in [-0.25, -0.2) is 9.59 Å². The zero-order valence-corrected chi connectivity index (χ0v) is 31.3. The van der Waals surface area contributed by atoms with E-state index in [-0.39, 0.29) is 63.3 Å². The number of carbonyl (C=O) groups excluding carboxylic acids is 6. The molecule has 2 unspecified atom stereocenters. The number of hydrogen-bond acceptors (Lipinski definition) is 12. The molecule has 2 aromatic rings. The van der Waals surface area contributed by atoms with Gasteiger partial charge in [-0.1, -0.05) is 61.7 Å². The lowest BCUT2D eigenvalue weighted by Crippen LogP contribution is -2.23. The van der Waals surface area contributed by atoms with Crippen LogP contribution < -0.4 is 0 Å². The van der Waals surface area contributed by atoms with Crippen LogP contribution in [-0.2, 0) is 82.9 Å². The summed E-state index contributed by atoms with van der Waals surface area (Å²) >= 11 is 0. The van der Waals surface area contributed by atoms with Gasteiger partial charge in [0, 0.05) is 24.0 Å². The first-order valence-electron chi connectivity index (χ1n) is 17.7. The van der Waals surface area contributed by atoms with Gasteiger partial charge in [0.05, 0.1) is 38.9 Å². The second kappa shape index (κ2) is 24.1. The molecule has 0 radical (unpaired) electrons. The summed E-state index contributed by atoms with van der Waals surface area (Å²) in [6.07, 6.45) is 2.16. The van der Waals surface area contributed by atoms with Gasteiger partial charge in [0.1, 0.15) is 25.4 Å². The van der Waals surface area contributed by atoms with E-state index in [1.165, 1.54) is 25.0 Å². The highest BCUT2D eigenvalue weighted by Gasteiger charge is 2.16. The Morgan fingerprint density at radius 3 is 1.11 bits per heavy atom. The molecule has 0 saturated carbocycles. The molecule has 0 heterocycles. The third-order valence-corrected chi connectivity index (χ3v) is 7.61. The lowest BCUT2D eigenvalue weighted by atomic mass is 10.0. The monoisotopic (exact) mass is 736 g/mol. The van der Waals surface area contributed by atoms with Crippen molar-refractivity contribution in [2.75, 3.05) is 26.4 Å². The van der Waals surface area contributed by atoms with Crippen LogP contribution >= 0.6 is 0 Å². The number of benzene rings is 2. The first-order valence-corrected chi connectivity index (χ1v) is 17.7. The fourth-order valence-electron chi connectivity index (χ4n) is 4.63. The van der Waals surface area contributed by atoms with Crippen molar-refractivity contribution in [3.63, 3.8) is 0 Å². The highest BCUT2D eigenvalue weighted by molar-refractivity contribution is 5.87. The van der Waals surface area contributed by atoms with Gasteiger partial charge in [-0.05, 0) is 69.2 Å². The number of hydrogen-bond donors (Lipinski definition) is 0. The van der Waals surface area contributed by atoms with E-state index >= 15 is 0 Å². The number of rotatable bonds is 24.